The number of pyridine rings is 2. The summed E-state index contributed by atoms with van der Waals surface area (Å²) in [4.78, 5) is 47.7. The number of piperidine rings is 1. The molecule has 1 unspecified atom stereocenters. The average molecular weight is 704 g/mol. The van der Waals surface area contributed by atoms with Gasteiger partial charge in [-0.3, -0.25) is 14.6 Å². The zero-order chi connectivity index (χ0) is 35.8. The summed E-state index contributed by atoms with van der Waals surface area (Å²) in [6.45, 7) is 7.47. The van der Waals surface area contributed by atoms with E-state index in [9.17, 15) is 36.0 Å². The van der Waals surface area contributed by atoms with E-state index in [0.29, 0.717) is 62.3 Å². The Balaban J connectivity index is 1.49. The largest absolute Gasteiger partial charge is 0.456 e. The standard InChI is InChI=1S/C33H36F3N5O7S/c1-17(42)47-26-11-8-20-28(26)37-15-25(30(20)41-12-6-7-18(16-41)38-32(44)48-33(2,3)4)40-31(43)24-10-9-21(34)29(39-24)27-22(35)13-19(14-23(27)36)49(5,45)46/h9-10,13-15,18,26H,6-8,11-12,16H2,1-5H3,(H,38,44)(H,40,43)/t18-,26?/m0/s1. The molecule has 3 aromatic rings. The van der Waals surface area contributed by atoms with Gasteiger partial charge in [0.1, 0.15) is 40.5 Å². The molecular weight excluding hydrogens is 667 g/mol. The minimum atomic E-state index is -3.98. The summed E-state index contributed by atoms with van der Waals surface area (Å²) in [5, 5.41) is 5.63. The topological polar surface area (TPSA) is 157 Å². The number of esters is 1. The molecule has 2 N–H and O–H groups in total. The van der Waals surface area contributed by atoms with Crippen molar-refractivity contribution < 1.29 is 45.4 Å². The average Bonchev–Trinajstić information content (AvgIpc) is 3.38. The molecule has 1 aromatic carbocycles. The van der Waals surface area contributed by atoms with E-state index in [0.717, 1.165) is 24.0 Å². The number of hydrogen-bond acceptors (Lipinski definition) is 10. The Morgan fingerprint density at radius 3 is 2.37 bits per heavy atom. The second kappa shape index (κ2) is 13.6. The number of hydrogen-bond donors (Lipinski definition) is 2. The number of benzene rings is 1. The minimum absolute atomic E-state index is 0.243. The van der Waals surface area contributed by atoms with E-state index < -0.39 is 78.8 Å². The summed E-state index contributed by atoms with van der Waals surface area (Å²) in [6, 6.07) is 2.66. The maximum atomic E-state index is 15.0. The van der Waals surface area contributed by atoms with Crippen LogP contribution in [0.3, 0.4) is 0 Å². The number of nitrogens with zero attached hydrogens (tertiary/aromatic N) is 3. The number of carbonyl (C=O) groups excluding carboxylic acids is 3. The first-order valence-corrected chi connectivity index (χ1v) is 17.4. The smallest absolute Gasteiger partial charge is 0.407 e. The van der Waals surface area contributed by atoms with Crippen LogP contribution in [0.5, 0.6) is 0 Å². The van der Waals surface area contributed by atoms with Crippen molar-refractivity contribution in [2.24, 2.45) is 0 Å². The van der Waals surface area contributed by atoms with E-state index in [4.69, 9.17) is 9.47 Å². The number of sulfone groups is 1. The number of nitrogens with one attached hydrogen (secondary N) is 2. The number of ether oxygens (including phenoxy) is 2. The summed E-state index contributed by atoms with van der Waals surface area (Å²) in [7, 11) is -3.98. The maximum absolute atomic E-state index is 15.0. The summed E-state index contributed by atoms with van der Waals surface area (Å²) < 4.78 is 79.4. The molecule has 1 aliphatic heterocycles. The van der Waals surface area contributed by atoms with E-state index in [1.807, 2.05) is 4.90 Å². The van der Waals surface area contributed by atoms with Crippen molar-refractivity contribution in [1.29, 1.82) is 0 Å². The fourth-order valence-electron chi connectivity index (χ4n) is 5.95. The van der Waals surface area contributed by atoms with Crippen molar-refractivity contribution in [2.45, 2.75) is 76.0 Å². The highest BCUT2D eigenvalue weighted by Crippen LogP contribution is 2.43. The van der Waals surface area contributed by atoms with Gasteiger partial charge in [-0.2, -0.15) is 0 Å². The Bertz CT molecular complexity index is 1910. The molecule has 1 saturated heterocycles. The number of aromatic nitrogens is 2. The fraction of sp³-hybridized carbons (Fsp3) is 0.424. The molecule has 1 aliphatic carbocycles. The van der Waals surface area contributed by atoms with E-state index in [1.54, 1.807) is 20.8 Å². The SMILES string of the molecule is CC(=O)OC1CCc2c1ncc(NC(=O)c1ccc(F)c(-c3c(F)cc(S(C)(=O)=O)cc3F)n1)c2N1CCC[C@H](NC(=O)OC(C)(C)C)C1. The molecule has 49 heavy (non-hydrogen) atoms. The van der Waals surface area contributed by atoms with Crippen molar-refractivity contribution in [2.75, 3.05) is 29.6 Å². The van der Waals surface area contributed by atoms with Gasteiger partial charge in [0.2, 0.25) is 0 Å². The minimum Gasteiger partial charge on any atom is -0.456 e. The predicted octanol–water partition coefficient (Wildman–Crippen LogP) is 5.26. The van der Waals surface area contributed by atoms with Crippen LogP contribution in [0, 0.1) is 17.5 Å². The van der Waals surface area contributed by atoms with Gasteiger partial charge in [-0.15, -0.1) is 0 Å². The summed E-state index contributed by atoms with van der Waals surface area (Å²) >= 11 is 0. The Kier molecular flexibility index (Phi) is 9.91. The second-order valence-corrected chi connectivity index (χ2v) is 15.0. The number of rotatable bonds is 7. The van der Waals surface area contributed by atoms with Crippen LogP contribution >= 0.6 is 0 Å². The van der Waals surface area contributed by atoms with Crippen LogP contribution in [0.1, 0.15) is 74.8 Å². The normalized spacial score (nSPS) is 17.7. The quantitative estimate of drug-likeness (QED) is 0.311. The molecule has 3 heterocycles. The highest BCUT2D eigenvalue weighted by molar-refractivity contribution is 7.90. The van der Waals surface area contributed by atoms with Crippen LogP contribution in [-0.4, -0.2) is 67.3 Å². The Morgan fingerprint density at radius 2 is 1.73 bits per heavy atom. The number of fused-ring (bicyclic) bond motifs is 1. The lowest BCUT2D eigenvalue weighted by atomic mass is 10.0. The van der Waals surface area contributed by atoms with Gasteiger partial charge >= 0.3 is 12.1 Å². The second-order valence-electron chi connectivity index (χ2n) is 13.0. The van der Waals surface area contributed by atoms with Crippen molar-refractivity contribution in [1.82, 2.24) is 15.3 Å². The van der Waals surface area contributed by atoms with Gasteiger partial charge in [-0.05, 0) is 70.7 Å². The number of halogens is 3. The number of alkyl carbamates (subject to hydrolysis) is 1. The fourth-order valence-corrected chi connectivity index (χ4v) is 6.59. The molecule has 0 radical (unpaired) electrons. The molecule has 2 amide bonds. The molecule has 2 atom stereocenters. The van der Waals surface area contributed by atoms with Crippen molar-refractivity contribution in [3.63, 3.8) is 0 Å². The van der Waals surface area contributed by atoms with Gasteiger partial charge in [0.25, 0.3) is 5.91 Å². The number of amides is 2. The molecule has 12 nitrogen and oxygen atoms in total. The monoisotopic (exact) mass is 703 g/mol. The lowest BCUT2D eigenvalue weighted by Crippen LogP contribution is -2.49. The maximum Gasteiger partial charge on any atom is 0.407 e. The summed E-state index contributed by atoms with van der Waals surface area (Å²) in [6.07, 6.45) is 3.25. The van der Waals surface area contributed by atoms with E-state index in [-0.39, 0.29) is 11.7 Å². The van der Waals surface area contributed by atoms with Gasteiger partial charge in [0, 0.05) is 37.9 Å². The molecule has 16 heteroatoms. The van der Waals surface area contributed by atoms with Crippen LogP contribution in [-0.2, 0) is 30.5 Å². The third-order valence-corrected chi connectivity index (χ3v) is 9.01. The van der Waals surface area contributed by atoms with Gasteiger partial charge < -0.3 is 25.0 Å². The van der Waals surface area contributed by atoms with Gasteiger partial charge in [-0.25, -0.2) is 31.4 Å². The van der Waals surface area contributed by atoms with E-state index >= 15 is 0 Å². The molecule has 1 fully saturated rings. The van der Waals surface area contributed by atoms with Crippen LogP contribution in [0.25, 0.3) is 11.3 Å². The lowest BCUT2D eigenvalue weighted by molar-refractivity contribution is -0.146. The van der Waals surface area contributed by atoms with Crippen LogP contribution in [0.15, 0.2) is 35.4 Å². The molecule has 2 aliphatic rings. The molecular formula is C33H36F3N5O7S. The third kappa shape index (κ3) is 8.12. The van der Waals surface area contributed by atoms with Crippen molar-refractivity contribution in [3.05, 3.63) is 64.9 Å². The van der Waals surface area contributed by atoms with Gasteiger partial charge in [-0.1, -0.05) is 0 Å². The van der Waals surface area contributed by atoms with E-state index in [1.165, 1.54) is 13.1 Å². The molecule has 0 saturated carbocycles. The number of anilines is 2. The molecule has 2 aromatic heterocycles. The first kappa shape index (κ1) is 35.6. The predicted molar refractivity (Wildman–Crippen MR) is 172 cm³/mol. The number of carbonyl (C=O) groups is 3. The zero-order valence-corrected chi connectivity index (χ0v) is 28.3. The van der Waals surface area contributed by atoms with Gasteiger partial charge in [0.05, 0.1) is 33.7 Å². The summed E-state index contributed by atoms with van der Waals surface area (Å²) in [5.74, 6) is -5.23. The van der Waals surface area contributed by atoms with Crippen LogP contribution in [0.4, 0.5) is 29.3 Å². The van der Waals surface area contributed by atoms with Crippen LogP contribution in [0.2, 0.25) is 0 Å². The first-order valence-electron chi connectivity index (χ1n) is 15.5. The van der Waals surface area contributed by atoms with Gasteiger partial charge in [0.15, 0.2) is 9.84 Å². The highest BCUT2D eigenvalue weighted by atomic mass is 32.2. The van der Waals surface area contributed by atoms with Crippen LogP contribution < -0.4 is 15.5 Å². The molecule has 262 valence electrons. The van der Waals surface area contributed by atoms with E-state index in [2.05, 4.69) is 20.6 Å². The molecule has 0 bridgehead atoms. The summed E-state index contributed by atoms with van der Waals surface area (Å²) in [5.41, 5.74) is -0.777. The molecule has 0 spiro atoms. The zero-order valence-electron chi connectivity index (χ0n) is 27.5. The Morgan fingerprint density at radius 1 is 1.04 bits per heavy atom. The third-order valence-electron chi connectivity index (χ3n) is 7.92. The highest BCUT2D eigenvalue weighted by Gasteiger charge is 2.34. The lowest BCUT2D eigenvalue weighted by Gasteiger charge is -2.37. The van der Waals surface area contributed by atoms with Crippen molar-refractivity contribution >= 4 is 39.2 Å². The van der Waals surface area contributed by atoms with Crippen molar-refractivity contribution in [3.8, 4) is 11.3 Å². The Hall–Kier alpha value is -4.73. The molecule has 5 rings (SSSR count). The Labute approximate surface area is 281 Å². The first-order chi connectivity index (χ1) is 22.9.